The van der Waals surface area contributed by atoms with E-state index in [0.717, 1.165) is 30.4 Å². The molecule has 0 saturated carbocycles. The Balaban J connectivity index is 2.80. The van der Waals surface area contributed by atoms with Crippen molar-refractivity contribution < 1.29 is 8.42 Å². The molecular weight excluding hydrogens is 284 g/mol. The number of unbranched alkanes of at least 4 members (excludes halogenated alkanes) is 3. The standard InChI is InChI=1S/C16H28N2O2S/c1-5-6-7-8-9-13(3)18-21(19,20)16-14(4)12(2)10-11-15(16)17/h10-11,13,18H,5-9,17H2,1-4H3. The van der Waals surface area contributed by atoms with Crippen molar-refractivity contribution in [3.8, 4) is 0 Å². The highest BCUT2D eigenvalue weighted by atomic mass is 32.2. The lowest BCUT2D eigenvalue weighted by molar-refractivity contribution is 0.522. The highest BCUT2D eigenvalue weighted by Crippen LogP contribution is 2.25. The van der Waals surface area contributed by atoms with E-state index in [-0.39, 0.29) is 10.9 Å². The topological polar surface area (TPSA) is 72.2 Å². The normalized spacial score (nSPS) is 13.3. The monoisotopic (exact) mass is 312 g/mol. The van der Waals surface area contributed by atoms with Crippen LogP contribution >= 0.6 is 0 Å². The molecule has 0 saturated heterocycles. The molecule has 0 aliphatic rings. The van der Waals surface area contributed by atoms with Crippen molar-refractivity contribution in [3.05, 3.63) is 23.3 Å². The zero-order chi connectivity index (χ0) is 16.0. The minimum atomic E-state index is -3.56. The molecule has 4 nitrogen and oxygen atoms in total. The number of hydrogen-bond acceptors (Lipinski definition) is 3. The van der Waals surface area contributed by atoms with E-state index >= 15 is 0 Å². The smallest absolute Gasteiger partial charge is 0.243 e. The fourth-order valence-corrected chi connectivity index (χ4v) is 4.14. The summed E-state index contributed by atoms with van der Waals surface area (Å²) in [5, 5.41) is 0. The average Bonchev–Trinajstić information content (AvgIpc) is 2.38. The number of anilines is 1. The first-order chi connectivity index (χ1) is 9.79. The molecule has 1 rings (SSSR count). The number of nitrogens with two attached hydrogens (primary N) is 1. The van der Waals surface area contributed by atoms with E-state index in [9.17, 15) is 8.42 Å². The molecule has 21 heavy (non-hydrogen) atoms. The fraction of sp³-hybridized carbons (Fsp3) is 0.625. The minimum Gasteiger partial charge on any atom is -0.398 e. The highest BCUT2D eigenvalue weighted by molar-refractivity contribution is 7.89. The van der Waals surface area contributed by atoms with E-state index in [1.165, 1.54) is 12.8 Å². The summed E-state index contributed by atoms with van der Waals surface area (Å²) in [5.41, 5.74) is 7.84. The molecule has 3 N–H and O–H groups in total. The van der Waals surface area contributed by atoms with Crippen molar-refractivity contribution in [2.45, 2.75) is 70.7 Å². The zero-order valence-electron chi connectivity index (χ0n) is 13.6. The molecule has 1 unspecified atom stereocenters. The number of rotatable bonds is 8. The molecule has 0 aromatic heterocycles. The Kier molecular flexibility index (Phi) is 6.68. The predicted octanol–water partition coefficient (Wildman–Crippen LogP) is 3.52. The second kappa shape index (κ2) is 7.80. The second-order valence-corrected chi connectivity index (χ2v) is 7.45. The van der Waals surface area contributed by atoms with Crippen LogP contribution in [0.15, 0.2) is 17.0 Å². The molecular formula is C16H28N2O2S. The average molecular weight is 312 g/mol. The quantitative estimate of drug-likeness (QED) is 0.570. The molecule has 0 aliphatic carbocycles. The summed E-state index contributed by atoms with van der Waals surface area (Å²) in [4.78, 5) is 0.225. The van der Waals surface area contributed by atoms with E-state index in [0.29, 0.717) is 5.69 Å². The van der Waals surface area contributed by atoms with Crippen LogP contribution < -0.4 is 10.5 Å². The fourth-order valence-electron chi connectivity index (χ4n) is 2.43. The van der Waals surface area contributed by atoms with Gasteiger partial charge in [0.05, 0.1) is 5.69 Å². The first kappa shape index (κ1) is 18.0. The van der Waals surface area contributed by atoms with Crippen LogP contribution in [0.25, 0.3) is 0 Å². The summed E-state index contributed by atoms with van der Waals surface area (Å²) >= 11 is 0. The lowest BCUT2D eigenvalue weighted by Crippen LogP contribution is -2.33. The van der Waals surface area contributed by atoms with E-state index < -0.39 is 10.0 Å². The summed E-state index contributed by atoms with van der Waals surface area (Å²) in [6.45, 7) is 7.76. The summed E-state index contributed by atoms with van der Waals surface area (Å²) in [6, 6.07) is 3.42. The molecule has 0 amide bonds. The molecule has 5 heteroatoms. The third kappa shape index (κ3) is 5.00. The Bertz CT molecular complexity index is 568. The van der Waals surface area contributed by atoms with Crippen molar-refractivity contribution in [3.63, 3.8) is 0 Å². The van der Waals surface area contributed by atoms with Gasteiger partial charge in [-0.1, -0.05) is 38.7 Å². The predicted molar refractivity (Wildman–Crippen MR) is 88.9 cm³/mol. The molecule has 0 bridgehead atoms. The molecule has 0 fully saturated rings. The van der Waals surface area contributed by atoms with Gasteiger partial charge in [-0.3, -0.25) is 0 Å². The first-order valence-electron chi connectivity index (χ1n) is 7.67. The molecule has 0 heterocycles. The maximum Gasteiger partial charge on any atom is 0.243 e. The van der Waals surface area contributed by atoms with Crippen LogP contribution in [0, 0.1) is 13.8 Å². The largest absolute Gasteiger partial charge is 0.398 e. The van der Waals surface area contributed by atoms with Crippen molar-refractivity contribution in [1.82, 2.24) is 4.72 Å². The second-order valence-electron chi connectivity index (χ2n) is 5.80. The summed E-state index contributed by atoms with van der Waals surface area (Å²) < 4.78 is 27.8. The summed E-state index contributed by atoms with van der Waals surface area (Å²) in [7, 11) is -3.56. The van der Waals surface area contributed by atoms with Gasteiger partial charge in [0.1, 0.15) is 4.90 Å². The van der Waals surface area contributed by atoms with Gasteiger partial charge in [-0.25, -0.2) is 13.1 Å². The van der Waals surface area contributed by atoms with E-state index in [4.69, 9.17) is 5.73 Å². The van der Waals surface area contributed by atoms with Crippen molar-refractivity contribution in [2.75, 3.05) is 5.73 Å². The van der Waals surface area contributed by atoms with Crippen molar-refractivity contribution >= 4 is 15.7 Å². The summed E-state index contributed by atoms with van der Waals surface area (Å²) in [5.74, 6) is 0. The molecule has 120 valence electrons. The molecule has 0 radical (unpaired) electrons. The van der Waals surface area contributed by atoms with Crippen LogP contribution in [-0.2, 0) is 10.0 Å². The third-order valence-corrected chi connectivity index (χ3v) is 5.61. The molecule has 1 atom stereocenters. The van der Waals surface area contributed by atoms with Crippen molar-refractivity contribution in [2.24, 2.45) is 0 Å². The molecule has 1 aromatic rings. The Hall–Kier alpha value is -1.07. The highest BCUT2D eigenvalue weighted by Gasteiger charge is 2.22. The van der Waals surface area contributed by atoms with E-state index in [1.54, 1.807) is 13.0 Å². The number of nitrogens with one attached hydrogen (secondary N) is 1. The molecule has 0 aliphatic heterocycles. The molecule has 0 spiro atoms. The lowest BCUT2D eigenvalue weighted by Gasteiger charge is -2.17. The van der Waals surface area contributed by atoms with Crippen LogP contribution in [0.4, 0.5) is 5.69 Å². The van der Waals surface area contributed by atoms with Gasteiger partial charge in [-0.15, -0.1) is 0 Å². The van der Waals surface area contributed by atoms with Gasteiger partial charge in [0.25, 0.3) is 0 Å². The van der Waals surface area contributed by atoms with Gasteiger partial charge in [-0.05, 0) is 44.4 Å². The van der Waals surface area contributed by atoms with Crippen LogP contribution in [0.5, 0.6) is 0 Å². The van der Waals surface area contributed by atoms with Gasteiger partial charge >= 0.3 is 0 Å². The maximum absolute atomic E-state index is 12.5. The SMILES string of the molecule is CCCCCCC(C)NS(=O)(=O)c1c(N)ccc(C)c1C. The maximum atomic E-state index is 12.5. The van der Waals surface area contributed by atoms with Crippen molar-refractivity contribution in [1.29, 1.82) is 0 Å². The number of sulfonamides is 1. The van der Waals surface area contributed by atoms with Gasteiger partial charge in [0, 0.05) is 6.04 Å². The Morgan fingerprint density at radius 3 is 2.48 bits per heavy atom. The van der Waals surface area contributed by atoms with Crippen LogP contribution in [0.2, 0.25) is 0 Å². The van der Waals surface area contributed by atoms with Crippen LogP contribution in [-0.4, -0.2) is 14.5 Å². The van der Waals surface area contributed by atoms with E-state index in [2.05, 4.69) is 11.6 Å². The lowest BCUT2D eigenvalue weighted by atomic mass is 10.1. The zero-order valence-corrected chi connectivity index (χ0v) is 14.4. The number of benzene rings is 1. The third-order valence-electron chi connectivity index (χ3n) is 3.82. The van der Waals surface area contributed by atoms with Gasteiger partial charge < -0.3 is 5.73 Å². The minimum absolute atomic E-state index is 0.0776. The number of hydrogen-bond donors (Lipinski definition) is 2. The van der Waals surface area contributed by atoms with Crippen LogP contribution in [0.1, 0.15) is 57.1 Å². The Morgan fingerprint density at radius 1 is 1.19 bits per heavy atom. The van der Waals surface area contributed by atoms with Gasteiger partial charge in [0.15, 0.2) is 0 Å². The number of aryl methyl sites for hydroxylation is 1. The summed E-state index contributed by atoms with van der Waals surface area (Å²) in [6.07, 6.45) is 5.42. The Labute approximate surface area is 129 Å². The Morgan fingerprint density at radius 2 is 1.86 bits per heavy atom. The molecule has 1 aromatic carbocycles. The van der Waals surface area contributed by atoms with Gasteiger partial charge in [-0.2, -0.15) is 0 Å². The number of nitrogen functional groups attached to an aromatic ring is 1. The first-order valence-corrected chi connectivity index (χ1v) is 9.16. The van der Waals surface area contributed by atoms with Crippen LogP contribution in [0.3, 0.4) is 0 Å². The van der Waals surface area contributed by atoms with E-state index in [1.807, 2.05) is 19.9 Å². The van der Waals surface area contributed by atoms with Gasteiger partial charge in [0.2, 0.25) is 10.0 Å².